The van der Waals surface area contributed by atoms with Crippen molar-refractivity contribution in [3.63, 3.8) is 0 Å². The third-order valence-electron chi connectivity index (χ3n) is 8.53. The van der Waals surface area contributed by atoms with Gasteiger partial charge in [-0.05, 0) is 84.7 Å². The topological polar surface area (TPSA) is 84.7 Å². The van der Waals surface area contributed by atoms with Gasteiger partial charge in [-0.3, -0.25) is 4.79 Å². The van der Waals surface area contributed by atoms with E-state index in [-0.39, 0.29) is 0 Å². The zero-order valence-corrected chi connectivity index (χ0v) is 24.2. The Balaban J connectivity index is 1.51. The van der Waals surface area contributed by atoms with Gasteiger partial charge in [0, 0.05) is 35.6 Å². The molecule has 1 aromatic heterocycles. The SMILES string of the molecule is COC(=O)C(c1ccc(Cl)cc1)(c1ccc(Cl)cc1)c1ccc2nc(C3CC3)n(CC3CCN(C(=O)O)CC3)c2c1. The molecule has 9 heteroatoms. The summed E-state index contributed by atoms with van der Waals surface area (Å²) in [5.41, 5.74) is 2.77. The van der Waals surface area contributed by atoms with Crippen molar-refractivity contribution in [2.75, 3.05) is 20.2 Å². The standard InChI is InChI=1S/C32H31Cl2N3O4/c1-41-30(38)32(22-4-9-25(33)10-5-22,23-6-11-26(34)12-7-23)24-8-13-27-28(18-24)37(29(35-27)21-2-3-21)19-20-14-16-36(17-15-20)31(39)40/h4-13,18,20-21H,2-3,14-17,19H2,1H3,(H,39,40). The predicted octanol–water partition coefficient (Wildman–Crippen LogP) is 7.12. The van der Waals surface area contributed by atoms with Gasteiger partial charge in [0.2, 0.25) is 0 Å². The lowest BCUT2D eigenvalue weighted by Gasteiger charge is -2.33. The van der Waals surface area contributed by atoms with Gasteiger partial charge in [0.05, 0.1) is 18.1 Å². The van der Waals surface area contributed by atoms with Crippen molar-refractivity contribution >= 4 is 46.3 Å². The molecule has 0 bridgehead atoms. The summed E-state index contributed by atoms with van der Waals surface area (Å²) in [5.74, 6) is 1.40. The average molecular weight is 593 g/mol. The quantitative estimate of drug-likeness (QED) is 0.183. The number of imidazole rings is 1. The maximum absolute atomic E-state index is 14.0. The maximum atomic E-state index is 14.0. The van der Waals surface area contributed by atoms with E-state index in [9.17, 15) is 14.7 Å². The highest BCUT2D eigenvalue weighted by Gasteiger charge is 2.45. The number of carboxylic acid groups (broad SMARTS) is 1. The molecule has 1 aliphatic heterocycles. The van der Waals surface area contributed by atoms with Crippen molar-refractivity contribution in [3.05, 3.63) is 99.3 Å². The normalized spacial score (nSPS) is 16.2. The Labute approximate surface area is 248 Å². The monoisotopic (exact) mass is 591 g/mol. The number of piperidine rings is 1. The maximum Gasteiger partial charge on any atom is 0.407 e. The zero-order chi connectivity index (χ0) is 28.7. The van der Waals surface area contributed by atoms with Crippen LogP contribution in [0.3, 0.4) is 0 Å². The first-order valence-electron chi connectivity index (χ1n) is 13.9. The van der Waals surface area contributed by atoms with E-state index in [1.165, 1.54) is 12.0 Å². The number of rotatable bonds is 7. The van der Waals surface area contributed by atoms with E-state index < -0.39 is 17.5 Å². The fourth-order valence-corrected chi connectivity index (χ4v) is 6.44. The fraction of sp³-hybridized carbons (Fsp3) is 0.344. The van der Waals surface area contributed by atoms with Crippen molar-refractivity contribution in [1.82, 2.24) is 14.5 Å². The highest BCUT2D eigenvalue weighted by molar-refractivity contribution is 6.30. The average Bonchev–Trinajstić information content (AvgIpc) is 3.77. The molecule has 1 amide bonds. The summed E-state index contributed by atoms with van der Waals surface area (Å²) in [7, 11) is 1.40. The Morgan fingerprint density at radius 2 is 1.46 bits per heavy atom. The van der Waals surface area contributed by atoms with Gasteiger partial charge in [-0.1, -0.05) is 53.5 Å². The second kappa shape index (κ2) is 11.0. The Morgan fingerprint density at radius 3 is 1.98 bits per heavy atom. The number of carbonyl (C=O) groups is 2. The van der Waals surface area contributed by atoms with Crippen molar-refractivity contribution in [2.24, 2.45) is 5.92 Å². The molecular formula is C32H31Cl2N3O4. The largest absolute Gasteiger partial charge is 0.468 e. The summed E-state index contributed by atoms with van der Waals surface area (Å²) in [6.45, 7) is 1.83. The molecule has 1 saturated heterocycles. The van der Waals surface area contributed by atoms with Crippen LogP contribution in [0.1, 0.15) is 54.1 Å². The van der Waals surface area contributed by atoms with Crippen LogP contribution in [0.2, 0.25) is 10.0 Å². The number of ether oxygens (including phenoxy) is 1. The molecular weight excluding hydrogens is 561 g/mol. The first-order chi connectivity index (χ1) is 19.8. The van der Waals surface area contributed by atoms with Gasteiger partial charge in [0.1, 0.15) is 11.2 Å². The van der Waals surface area contributed by atoms with E-state index in [1.807, 2.05) is 36.4 Å². The number of amides is 1. The summed E-state index contributed by atoms with van der Waals surface area (Å²) in [6, 6.07) is 20.6. The summed E-state index contributed by atoms with van der Waals surface area (Å²) < 4.78 is 7.82. The number of benzene rings is 3. The van der Waals surface area contributed by atoms with Gasteiger partial charge in [0.25, 0.3) is 0 Å². The van der Waals surface area contributed by atoms with Gasteiger partial charge < -0.3 is 19.3 Å². The summed E-state index contributed by atoms with van der Waals surface area (Å²) in [5, 5.41) is 10.5. The van der Waals surface area contributed by atoms with E-state index in [4.69, 9.17) is 32.9 Å². The molecule has 2 aliphatic rings. The first-order valence-corrected chi connectivity index (χ1v) is 14.7. The number of hydrogen-bond acceptors (Lipinski definition) is 4. The Hall–Kier alpha value is -3.55. The highest BCUT2D eigenvalue weighted by Crippen LogP contribution is 2.45. The van der Waals surface area contributed by atoms with Gasteiger partial charge in [-0.25, -0.2) is 9.78 Å². The van der Waals surface area contributed by atoms with Gasteiger partial charge in [-0.2, -0.15) is 0 Å². The molecule has 1 aliphatic carbocycles. The molecule has 7 nitrogen and oxygen atoms in total. The van der Waals surface area contributed by atoms with Gasteiger partial charge >= 0.3 is 12.1 Å². The second-order valence-electron chi connectivity index (χ2n) is 11.0. The van der Waals surface area contributed by atoms with E-state index >= 15 is 0 Å². The van der Waals surface area contributed by atoms with Gasteiger partial charge in [0.15, 0.2) is 0 Å². The number of likely N-dealkylation sites (tertiary alicyclic amines) is 1. The Kier molecular flexibility index (Phi) is 7.43. The van der Waals surface area contributed by atoms with Crippen molar-refractivity contribution in [3.8, 4) is 0 Å². The Bertz CT molecular complexity index is 1540. The predicted molar refractivity (Wildman–Crippen MR) is 159 cm³/mol. The van der Waals surface area contributed by atoms with Crippen LogP contribution in [0.25, 0.3) is 11.0 Å². The molecule has 0 spiro atoms. The van der Waals surface area contributed by atoms with Crippen LogP contribution in [0.15, 0.2) is 66.7 Å². The molecule has 0 unspecified atom stereocenters. The number of aromatic nitrogens is 2. The molecule has 1 saturated carbocycles. The van der Waals surface area contributed by atoms with Crippen molar-refractivity contribution in [1.29, 1.82) is 0 Å². The molecule has 0 radical (unpaired) electrons. The molecule has 2 fully saturated rings. The molecule has 1 N–H and O–H groups in total. The molecule has 2 heterocycles. The summed E-state index contributed by atoms with van der Waals surface area (Å²) in [4.78, 5) is 32.0. The number of halogens is 2. The van der Waals surface area contributed by atoms with Crippen LogP contribution >= 0.6 is 23.2 Å². The minimum Gasteiger partial charge on any atom is -0.468 e. The van der Waals surface area contributed by atoms with Crippen LogP contribution in [-0.2, 0) is 21.5 Å². The third kappa shape index (κ3) is 5.06. The number of fused-ring (bicyclic) bond motifs is 1. The molecule has 6 rings (SSSR count). The van der Waals surface area contributed by atoms with E-state index in [0.29, 0.717) is 35.0 Å². The van der Waals surface area contributed by atoms with Crippen molar-refractivity contribution in [2.45, 2.75) is 43.6 Å². The van der Waals surface area contributed by atoms with Crippen molar-refractivity contribution < 1.29 is 19.4 Å². The van der Waals surface area contributed by atoms with E-state index in [2.05, 4.69) is 10.6 Å². The highest BCUT2D eigenvalue weighted by atomic mass is 35.5. The lowest BCUT2D eigenvalue weighted by Crippen LogP contribution is -2.39. The summed E-state index contributed by atoms with van der Waals surface area (Å²) in [6.07, 6.45) is 2.96. The molecule has 41 heavy (non-hydrogen) atoms. The van der Waals surface area contributed by atoms with Crippen LogP contribution < -0.4 is 0 Å². The zero-order valence-electron chi connectivity index (χ0n) is 22.7. The lowest BCUT2D eigenvalue weighted by molar-refractivity contribution is -0.144. The molecule has 4 aromatic rings. The number of esters is 1. The smallest absolute Gasteiger partial charge is 0.407 e. The molecule has 3 aromatic carbocycles. The van der Waals surface area contributed by atoms with Crippen LogP contribution in [0, 0.1) is 5.92 Å². The molecule has 0 atom stereocenters. The number of methoxy groups -OCH3 is 1. The first kappa shape index (κ1) is 27.6. The van der Waals surface area contributed by atoms with E-state index in [0.717, 1.165) is 65.8 Å². The lowest BCUT2D eigenvalue weighted by atomic mass is 9.69. The third-order valence-corrected chi connectivity index (χ3v) is 9.03. The molecule has 212 valence electrons. The van der Waals surface area contributed by atoms with Crippen LogP contribution in [-0.4, -0.2) is 51.8 Å². The van der Waals surface area contributed by atoms with Gasteiger partial charge in [-0.15, -0.1) is 0 Å². The van der Waals surface area contributed by atoms with Crippen LogP contribution in [0.5, 0.6) is 0 Å². The number of nitrogens with zero attached hydrogens (tertiary/aromatic N) is 3. The second-order valence-corrected chi connectivity index (χ2v) is 11.9. The fourth-order valence-electron chi connectivity index (χ4n) is 6.19. The number of hydrogen-bond donors (Lipinski definition) is 1. The Morgan fingerprint density at radius 1 is 0.902 bits per heavy atom. The van der Waals surface area contributed by atoms with Crippen LogP contribution in [0.4, 0.5) is 4.79 Å². The summed E-state index contributed by atoms with van der Waals surface area (Å²) >= 11 is 12.5. The minimum atomic E-state index is -1.28. The van der Waals surface area contributed by atoms with E-state index in [1.54, 1.807) is 24.3 Å². The number of carbonyl (C=O) groups excluding carboxylic acids is 1. The minimum absolute atomic E-state index is 0.335.